The van der Waals surface area contributed by atoms with E-state index >= 15 is 0 Å². The molecule has 8 nitrogen and oxygen atoms in total. The smallest absolute Gasteiger partial charge is 0.266 e. The number of aryl methyl sites for hydroxylation is 1. The van der Waals surface area contributed by atoms with Crippen molar-refractivity contribution in [1.82, 2.24) is 9.97 Å². The fourth-order valence-corrected chi connectivity index (χ4v) is 5.59. The first-order valence-corrected chi connectivity index (χ1v) is 12.8. The Kier molecular flexibility index (Phi) is 6.90. The van der Waals surface area contributed by atoms with Crippen LogP contribution in [0.5, 0.6) is 11.5 Å². The quantitative estimate of drug-likeness (QED) is 0.381. The van der Waals surface area contributed by atoms with Crippen LogP contribution in [0.4, 0.5) is 17.2 Å². The number of fused-ring (bicyclic) bond motifs is 1. The minimum Gasteiger partial charge on any atom is -0.495 e. The first-order chi connectivity index (χ1) is 17.6. The van der Waals surface area contributed by atoms with Gasteiger partial charge in [0.15, 0.2) is 0 Å². The number of methoxy groups -OCH3 is 1. The van der Waals surface area contributed by atoms with Gasteiger partial charge >= 0.3 is 0 Å². The number of nitrogens with zero attached hydrogens (tertiary/aromatic N) is 4. The average Bonchev–Trinajstić information content (AvgIpc) is 3.27. The van der Waals surface area contributed by atoms with Crippen LogP contribution in [0.2, 0.25) is 0 Å². The molecule has 0 spiro atoms. The maximum Gasteiger partial charge on any atom is 0.266 e. The second kappa shape index (κ2) is 10.4. The van der Waals surface area contributed by atoms with Gasteiger partial charge in [-0.15, -0.1) is 11.3 Å². The molecule has 1 amide bonds. The molecule has 0 bridgehead atoms. The van der Waals surface area contributed by atoms with Gasteiger partial charge in [-0.3, -0.25) is 4.79 Å². The van der Waals surface area contributed by atoms with Crippen LogP contribution >= 0.6 is 11.3 Å². The van der Waals surface area contributed by atoms with Gasteiger partial charge in [0.25, 0.3) is 5.91 Å². The van der Waals surface area contributed by atoms with Crippen molar-refractivity contribution in [2.75, 3.05) is 55.0 Å². The van der Waals surface area contributed by atoms with Crippen molar-refractivity contribution in [2.45, 2.75) is 13.8 Å². The molecule has 186 valence electrons. The van der Waals surface area contributed by atoms with E-state index in [0.717, 1.165) is 70.7 Å². The maximum absolute atomic E-state index is 13.2. The molecule has 3 heterocycles. The number of amides is 1. The first-order valence-electron chi connectivity index (χ1n) is 12.0. The molecule has 36 heavy (non-hydrogen) atoms. The Bertz CT molecular complexity index is 1360. The lowest BCUT2D eigenvalue weighted by atomic mass is 10.1. The number of hydrogen-bond donors (Lipinski definition) is 1. The van der Waals surface area contributed by atoms with E-state index in [-0.39, 0.29) is 5.91 Å². The zero-order valence-corrected chi connectivity index (χ0v) is 21.5. The van der Waals surface area contributed by atoms with E-state index < -0.39 is 0 Å². The highest BCUT2D eigenvalue weighted by atomic mass is 32.1. The van der Waals surface area contributed by atoms with Gasteiger partial charge in [-0.2, -0.15) is 0 Å². The summed E-state index contributed by atoms with van der Waals surface area (Å²) in [6.07, 6.45) is 1.59. The van der Waals surface area contributed by atoms with E-state index in [4.69, 9.17) is 9.47 Å². The molecule has 0 radical (unpaired) electrons. The fraction of sp³-hybridized carbons (Fsp3) is 0.296. The van der Waals surface area contributed by atoms with Crippen LogP contribution in [0, 0.1) is 6.92 Å². The van der Waals surface area contributed by atoms with E-state index in [0.29, 0.717) is 11.5 Å². The maximum atomic E-state index is 13.2. The van der Waals surface area contributed by atoms with Crippen LogP contribution in [0.15, 0.2) is 54.9 Å². The van der Waals surface area contributed by atoms with Gasteiger partial charge in [0.1, 0.15) is 28.5 Å². The molecule has 2 aromatic carbocycles. The normalized spacial score (nSPS) is 13.6. The Morgan fingerprint density at radius 1 is 1.03 bits per heavy atom. The Morgan fingerprint density at radius 2 is 1.75 bits per heavy atom. The van der Waals surface area contributed by atoms with Gasteiger partial charge in [-0.05, 0) is 55.8 Å². The number of anilines is 3. The van der Waals surface area contributed by atoms with Gasteiger partial charge in [0, 0.05) is 31.9 Å². The van der Waals surface area contributed by atoms with Crippen molar-refractivity contribution >= 4 is 44.7 Å². The van der Waals surface area contributed by atoms with Gasteiger partial charge in [0.05, 0.1) is 29.7 Å². The monoisotopic (exact) mass is 503 g/mol. The van der Waals surface area contributed by atoms with E-state index in [1.54, 1.807) is 13.4 Å². The summed E-state index contributed by atoms with van der Waals surface area (Å²) < 4.78 is 11.0. The summed E-state index contributed by atoms with van der Waals surface area (Å²) in [5.74, 6) is 2.40. The predicted molar refractivity (Wildman–Crippen MR) is 145 cm³/mol. The van der Waals surface area contributed by atoms with Crippen LogP contribution in [0.25, 0.3) is 10.2 Å². The van der Waals surface area contributed by atoms with Gasteiger partial charge in [-0.1, -0.05) is 12.1 Å². The Labute approximate surface area is 214 Å². The van der Waals surface area contributed by atoms with Crippen molar-refractivity contribution in [2.24, 2.45) is 0 Å². The summed E-state index contributed by atoms with van der Waals surface area (Å²) >= 11 is 1.40. The van der Waals surface area contributed by atoms with Crippen LogP contribution in [0.3, 0.4) is 0 Å². The molecule has 4 aromatic rings. The fourth-order valence-electron chi connectivity index (χ4n) is 4.55. The molecule has 9 heteroatoms. The summed E-state index contributed by atoms with van der Waals surface area (Å²) in [5.41, 5.74) is 2.73. The molecule has 1 aliphatic rings. The van der Waals surface area contributed by atoms with Crippen molar-refractivity contribution in [3.63, 3.8) is 0 Å². The minimum absolute atomic E-state index is 0.147. The highest BCUT2D eigenvalue weighted by Crippen LogP contribution is 2.36. The number of piperazine rings is 1. The van der Waals surface area contributed by atoms with Crippen LogP contribution in [-0.4, -0.2) is 55.8 Å². The molecular formula is C27H29N5O3S. The number of rotatable bonds is 7. The standard InChI is InChI=1S/C27H29N5O3S/c1-4-35-20-11-9-19(10-12-20)30-26(33)24-18(2)23-25(28-17-29-27(23)36-24)32-15-13-31(14-16-32)21-7-5-6-8-22(21)34-3/h5-12,17H,4,13-16H2,1-3H3,(H,30,33). The number of carbonyl (C=O) groups is 1. The van der Waals surface area contributed by atoms with Crippen molar-refractivity contribution in [3.8, 4) is 11.5 Å². The molecule has 2 aromatic heterocycles. The Hall–Kier alpha value is -3.85. The van der Waals surface area contributed by atoms with Gasteiger partial charge in [-0.25, -0.2) is 9.97 Å². The number of nitrogens with one attached hydrogen (secondary N) is 1. The van der Waals surface area contributed by atoms with E-state index in [9.17, 15) is 4.79 Å². The van der Waals surface area contributed by atoms with E-state index in [1.807, 2.05) is 56.3 Å². The number of para-hydroxylation sites is 2. The summed E-state index contributed by atoms with van der Waals surface area (Å²) in [5, 5.41) is 3.95. The van der Waals surface area contributed by atoms with Crippen molar-refractivity contribution in [3.05, 3.63) is 65.3 Å². The largest absolute Gasteiger partial charge is 0.495 e. The molecule has 1 fully saturated rings. The zero-order valence-electron chi connectivity index (χ0n) is 20.7. The number of carbonyl (C=O) groups excluding carboxylic acids is 1. The average molecular weight is 504 g/mol. The lowest BCUT2D eigenvalue weighted by Gasteiger charge is -2.37. The summed E-state index contributed by atoms with van der Waals surface area (Å²) in [6, 6.07) is 15.5. The SMILES string of the molecule is CCOc1ccc(NC(=O)c2sc3ncnc(N4CCN(c5ccccc5OC)CC4)c3c2C)cc1. The molecule has 1 saturated heterocycles. The molecule has 1 N–H and O–H groups in total. The number of aromatic nitrogens is 2. The minimum atomic E-state index is -0.147. The highest BCUT2D eigenvalue weighted by Gasteiger charge is 2.25. The summed E-state index contributed by atoms with van der Waals surface area (Å²) in [7, 11) is 1.70. The Balaban J connectivity index is 1.35. The summed E-state index contributed by atoms with van der Waals surface area (Å²) in [6.45, 7) is 7.84. The third-order valence-corrected chi connectivity index (χ3v) is 7.54. The van der Waals surface area contributed by atoms with E-state index in [1.165, 1.54) is 11.3 Å². The Morgan fingerprint density at radius 3 is 2.47 bits per heavy atom. The molecule has 1 aliphatic heterocycles. The lowest BCUT2D eigenvalue weighted by Crippen LogP contribution is -2.47. The first kappa shape index (κ1) is 23.9. The second-order valence-electron chi connectivity index (χ2n) is 8.49. The number of hydrogen-bond acceptors (Lipinski definition) is 8. The molecule has 0 saturated carbocycles. The molecule has 5 rings (SSSR count). The van der Waals surface area contributed by atoms with Gasteiger partial charge < -0.3 is 24.6 Å². The molecule has 0 atom stereocenters. The predicted octanol–water partition coefficient (Wildman–Crippen LogP) is 4.99. The van der Waals surface area contributed by atoms with Crippen LogP contribution in [-0.2, 0) is 0 Å². The third kappa shape index (κ3) is 4.66. The number of ether oxygens (including phenoxy) is 2. The van der Waals surface area contributed by atoms with E-state index in [2.05, 4.69) is 31.2 Å². The molecule has 0 aliphatic carbocycles. The molecular weight excluding hydrogens is 474 g/mol. The highest BCUT2D eigenvalue weighted by molar-refractivity contribution is 7.20. The number of thiophene rings is 1. The van der Waals surface area contributed by atoms with Crippen LogP contribution < -0.4 is 24.6 Å². The second-order valence-corrected chi connectivity index (χ2v) is 9.49. The van der Waals surface area contributed by atoms with Gasteiger partial charge in [0.2, 0.25) is 0 Å². The topological polar surface area (TPSA) is 79.8 Å². The molecule has 0 unspecified atom stereocenters. The number of benzene rings is 2. The van der Waals surface area contributed by atoms with Crippen LogP contribution in [0.1, 0.15) is 22.2 Å². The third-order valence-electron chi connectivity index (χ3n) is 6.34. The van der Waals surface area contributed by atoms with Crippen molar-refractivity contribution < 1.29 is 14.3 Å². The summed E-state index contributed by atoms with van der Waals surface area (Å²) in [4.78, 5) is 28.4. The van der Waals surface area contributed by atoms with Crippen molar-refractivity contribution in [1.29, 1.82) is 0 Å². The zero-order chi connectivity index (χ0) is 25.1. The lowest BCUT2D eigenvalue weighted by molar-refractivity contribution is 0.103.